The maximum atomic E-state index is 11.3. The second kappa shape index (κ2) is 4.90. The fourth-order valence-corrected chi connectivity index (χ4v) is 0.380. The lowest BCUT2D eigenvalue weighted by Gasteiger charge is -1.95. The lowest BCUT2D eigenvalue weighted by atomic mass is 10.4. The molecule has 4 heteroatoms. The number of halogens is 2. The van der Waals surface area contributed by atoms with Gasteiger partial charge in [0.05, 0.1) is 13.0 Å². The molecule has 0 aromatic rings. The van der Waals surface area contributed by atoms with Crippen LogP contribution in [0.2, 0.25) is 0 Å². The molecule has 0 aliphatic heterocycles. The van der Waals surface area contributed by atoms with Crippen LogP contribution in [0, 0.1) is 0 Å². The second-order valence-electron chi connectivity index (χ2n) is 1.50. The van der Waals surface area contributed by atoms with Crippen molar-refractivity contribution in [2.24, 2.45) is 0 Å². The van der Waals surface area contributed by atoms with E-state index in [-0.39, 0.29) is 13.0 Å². The van der Waals surface area contributed by atoms with E-state index in [4.69, 9.17) is 0 Å². The zero-order chi connectivity index (χ0) is 7.98. The largest absolute Gasteiger partial charge is 0.466 e. The fourth-order valence-electron chi connectivity index (χ4n) is 0.380. The molecule has 0 aromatic carbocycles. The molecule has 10 heavy (non-hydrogen) atoms. The number of hydrogen-bond donors (Lipinski definition) is 0. The van der Waals surface area contributed by atoms with E-state index in [0.717, 1.165) is 0 Å². The first kappa shape index (κ1) is 9.07. The van der Waals surface area contributed by atoms with Crippen molar-refractivity contribution in [3.8, 4) is 0 Å². The van der Waals surface area contributed by atoms with Crippen LogP contribution >= 0.6 is 0 Å². The first-order valence-corrected chi connectivity index (χ1v) is 2.83. The van der Waals surface area contributed by atoms with Gasteiger partial charge >= 0.3 is 5.97 Å². The highest BCUT2D eigenvalue weighted by Gasteiger charge is 1.98. The number of esters is 1. The molecule has 0 bridgehead atoms. The molecule has 0 fully saturated rings. The van der Waals surface area contributed by atoms with Gasteiger partial charge in [-0.15, -0.1) is 0 Å². The molecule has 0 atom stereocenters. The van der Waals surface area contributed by atoms with Crippen LogP contribution in [0.3, 0.4) is 0 Å². The molecule has 0 aromatic heterocycles. The highest BCUT2D eigenvalue weighted by molar-refractivity contribution is 5.71. The quantitative estimate of drug-likeness (QED) is 0.572. The third-order valence-electron chi connectivity index (χ3n) is 0.728. The van der Waals surface area contributed by atoms with Crippen LogP contribution < -0.4 is 0 Å². The van der Waals surface area contributed by atoms with Gasteiger partial charge in [-0.1, -0.05) is 0 Å². The monoisotopic (exact) mass is 150 g/mol. The molecule has 0 aliphatic carbocycles. The summed E-state index contributed by atoms with van der Waals surface area (Å²) >= 11 is 0. The summed E-state index contributed by atoms with van der Waals surface area (Å²) in [6.07, 6.45) is -1.68. The molecule has 0 spiro atoms. The van der Waals surface area contributed by atoms with E-state index in [1.165, 1.54) is 0 Å². The van der Waals surface area contributed by atoms with Gasteiger partial charge in [0.15, 0.2) is 0 Å². The van der Waals surface area contributed by atoms with Crippen LogP contribution in [0.4, 0.5) is 8.78 Å². The molecule has 0 N–H and O–H groups in total. The maximum absolute atomic E-state index is 11.3. The van der Waals surface area contributed by atoms with Crippen LogP contribution in [-0.4, -0.2) is 12.6 Å². The summed E-state index contributed by atoms with van der Waals surface area (Å²) in [5.41, 5.74) is 0. The SMILES string of the molecule is CCOC(=O)CC=C(F)F. The molecular weight excluding hydrogens is 142 g/mol. The predicted octanol–water partition coefficient (Wildman–Crippen LogP) is 1.72. The number of ether oxygens (including phenoxy) is 1. The van der Waals surface area contributed by atoms with Crippen molar-refractivity contribution in [1.82, 2.24) is 0 Å². The minimum absolute atomic E-state index is 0.223. The minimum Gasteiger partial charge on any atom is -0.466 e. The van der Waals surface area contributed by atoms with Crippen molar-refractivity contribution in [3.63, 3.8) is 0 Å². The topological polar surface area (TPSA) is 26.3 Å². The highest BCUT2D eigenvalue weighted by atomic mass is 19.3. The summed E-state index contributed by atoms with van der Waals surface area (Å²) in [4.78, 5) is 10.3. The summed E-state index contributed by atoms with van der Waals surface area (Å²) < 4.78 is 27.0. The molecule has 0 radical (unpaired) electrons. The number of carbonyl (C=O) groups is 1. The van der Waals surface area contributed by atoms with Crippen molar-refractivity contribution < 1.29 is 18.3 Å². The first-order valence-electron chi connectivity index (χ1n) is 2.83. The Labute approximate surface area is 57.5 Å². The lowest BCUT2D eigenvalue weighted by molar-refractivity contribution is -0.142. The van der Waals surface area contributed by atoms with E-state index in [2.05, 4.69) is 4.74 Å². The zero-order valence-corrected chi connectivity index (χ0v) is 5.56. The molecular formula is C6H8F2O2. The Kier molecular flexibility index (Phi) is 4.45. The Morgan fingerprint density at radius 1 is 1.60 bits per heavy atom. The van der Waals surface area contributed by atoms with Gasteiger partial charge in [0.2, 0.25) is 0 Å². The lowest BCUT2D eigenvalue weighted by Crippen LogP contribution is -2.01. The average Bonchev–Trinajstić information content (AvgIpc) is 1.85. The fraction of sp³-hybridized carbons (Fsp3) is 0.500. The van der Waals surface area contributed by atoms with Crippen LogP contribution in [-0.2, 0) is 9.53 Å². The standard InChI is InChI=1S/C6H8F2O2/c1-2-10-6(9)4-3-5(7)8/h3H,2,4H2,1H3. The number of carbonyl (C=O) groups excluding carboxylic acids is 1. The Bertz CT molecular complexity index is 139. The van der Waals surface area contributed by atoms with Crippen LogP contribution in [0.1, 0.15) is 13.3 Å². The summed E-state index contributed by atoms with van der Waals surface area (Å²) in [6.45, 7) is 1.84. The van der Waals surface area contributed by atoms with E-state index in [1.807, 2.05) is 0 Å². The molecule has 0 unspecified atom stereocenters. The number of hydrogen-bond acceptors (Lipinski definition) is 2. The van der Waals surface area contributed by atoms with Crippen molar-refractivity contribution in [3.05, 3.63) is 12.2 Å². The molecule has 0 heterocycles. The third kappa shape index (κ3) is 5.21. The molecule has 0 saturated carbocycles. The summed E-state index contributed by atoms with van der Waals surface area (Å²) in [5, 5.41) is 0. The van der Waals surface area contributed by atoms with Gasteiger partial charge in [-0.25, -0.2) is 0 Å². The van der Waals surface area contributed by atoms with E-state index in [1.54, 1.807) is 6.92 Å². The van der Waals surface area contributed by atoms with Crippen molar-refractivity contribution in [2.75, 3.05) is 6.61 Å². The molecule has 0 saturated heterocycles. The smallest absolute Gasteiger partial charge is 0.309 e. The zero-order valence-electron chi connectivity index (χ0n) is 5.56. The summed E-state index contributed by atoms with van der Waals surface area (Å²) in [5.74, 6) is -0.629. The van der Waals surface area contributed by atoms with E-state index in [0.29, 0.717) is 6.08 Å². The van der Waals surface area contributed by atoms with Crippen LogP contribution in [0.5, 0.6) is 0 Å². The van der Waals surface area contributed by atoms with E-state index in [9.17, 15) is 13.6 Å². The van der Waals surface area contributed by atoms with Crippen molar-refractivity contribution >= 4 is 5.97 Å². The highest BCUT2D eigenvalue weighted by Crippen LogP contribution is 1.99. The molecule has 0 amide bonds. The van der Waals surface area contributed by atoms with Crippen LogP contribution in [0.25, 0.3) is 0 Å². The summed E-state index contributed by atoms with van der Waals surface area (Å²) in [7, 11) is 0. The normalized spacial score (nSPS) is 8.70. The summed E-state index contributed by atoms with van der Waals surface area (Å²) in [6, 6.07) is 0. The molecule has 2 nitrogen and oxygen atoms in total. The van der Waals surface area contributed by atoms with Gasteiger partial charge in [0, 0.05) is 0 Å². The second-order valence-corrected chi connectivity index (χ2v) is 1.50. The average molecular weight is 150 g/mol. The molecule has 0 rings (SSSR count). The Balaban J connectivity index is 3.49. The Morgan fingerprint density at radius 3 is 2.60 bits per heavy atom. The van der Waals surface area contributed by atoms with Gasteiger partial charge in [0.25, 0.3) is 6.08 Å². The number of rotatable bonds is 3. The van der Waals surface area contributed by atoms with Gasteiger partial charge in [-0.2, -0.15) is 8.78 Å². The van der Waals surface area contributed by atoms with Gasteiger partial charge in [0.1, 0.15) is 0 Å². The predicted molar refractivity (Wildman–Crippen MR) is 31.5 cm³/mol. The molecule has 58 valence electrons. The third-order valence-corrected chi connectivity index (χ3v) is 0.728. The minimum atomic E-state index is -1.85. The van der Waals surface area contributed by atoms with E-state index >= 15 is 0 Å². The Morgan fingerprint density at radius 2 is 2.20 bits per heavy atom. The Hall–Kier alpha value is -0.930. The van der Waals surface area contributed by atoms with Crippen LogP contribution in [0.15, 0.2) is 12.2 Å². The van der Waals surface area contributed by atoms with Gasteiger partial charge in [-0.3, -0.25) is 4.79 Å². The van der Waals surface area contributed by atoms with E-state index < -0.39 is 12.0 Å². The van der Waals surface area contributed by atoms with Gasteiger partial charge < -0.3 is 4.74 Å². The van der Waals surface area contributed by atoms with Gasteiger partial charge in [-0.05, 0) is 13.0 Å². The molecule has 0 aliphatic rings. The first-order chi connectivity index (χ1) is 4.66. The van der Waals surface area contributed by atoms with Crippen molar-refractivity contribution in [1.29, 1.82) is 0 Å². The maximum Gasteiger partial charge on any atom is 0.309 e. The van der Waals surface area contributed by atoms with Crippen molar-refractivity contribution in [2.45, 2.75) is 13.3 Å².